The smallest absolute Gasteiger partial charge is 0.0837 e. The van der Waals surface area contributed by atoms with Crippen LogP contribution in [0.15, 0.2) is 36.5 Å². The van der Waals surface area contributed by atoms with Gasteiger partial charge in [0.25, 0.3) is 0 Å². The Bertz CT molecular complexity index is 534. The van der Waals surface area contributed by atoms with Crippen LogP contribution in [0.1, 0.15) is 50.5 Å². The molecule has 0 bridgehead atoms. The topological polar surface area (TPSA) is 29.9 Å². The molecule has 1 aromatic carbocycles. The molecular weight excluding hydrogens is 270 g/mol. The van der Waals surface area contributed by atoms with Crippen LogP contribution < -0.4 is 5.32 Å². The first-order chi connectivity index (χ1) is 9.65. The Morgan fingerprint density at radius 2 is 1.95 bits per heavy atom. The lowest BCUT2D eigenvalue weighted by atomic mass is 10.0. The zero-order chi connectivity index (χ0) is 14.5. The Balaban J connectivity index is 2.44. The molecule has 0 aliphatic heterocycles. The van der Waals surface area contributed by atoms with Crippen LogP contribution in [0.2, 0.25) is 5.02 Å². The summed E-state index contributed by atoms with van der Waals surface area (Å²) in [6.07, 6.45) is 2.82. The molecule has 0 spiro atoms. The normalized spacial score (nSPS) is 12.8. The van der Waals surface area contributed by atoms with Gasteiger partial charge in [0.1, 0.15) is 0 Å². The van der Waals surface area contributed by atoms with Gasteiger partial charge in [0.15, 0.2) is 0 Å². The van der Waals surface area contributed by atoms with Crippen molar-refractivity contribution in [1.29, 1.82) is 0 Å². The maximum Gasteiger partial charge on any atom is 0.0837 e. The van der Waals surface area contributed by atoms with Crippen LogP contribution in [-0.4, -0.2) is 16.3 Å². The summed E-state index contributed by atoms with van der Waals surface area (Å²) in [6, 6.07) is 10.8. The van der Waals surface area contributed by atoms with Gasteiger partial charge in [0.05, 0.1) is 23.0 Å². The van der Waals surface area contributed by atoms with Gasteiger partial charge in [-0.2, -0.15) is 5.10 Å². The molecule has 2 rings (SSSR count). The van der Waals surface area contributed by atoms with E-state index in [0.29, 0.717) is 0 Å². The second kappa shape index (κ2) is 6.91. The van der Waals surface area contributed by atoms with Crippen LogP contribution >= 0.6 is 11.6 Å². The Morgan fingerprint density at radius 3 is 2.55 bits per heavy atom. The summed E-state index contributed by atoms with van der Waals surface area (Å²) in [5.41, 5.74) is 2.26. The van der Waals surface area contributed by atoms with Crippen molar-refractivity contribution < 1.29 is 0 Å². The quantitative estimate of drug-likeness (QED) is 0.864. The van der Waals surface area contributed by atoms with Crippen molar-refractivity contribution >= 4 is 11.6 Å². The number of halogens is 1. The minimum Gasteiger partial charge on any atom is -0.305 e. The van der Waals surface area contributed by atoms with Crippen LogP contribution in [0, 0.1) is 0 Å². The van der Waals surface area contributed by atoms with Gasteiger partial charge < -0.3 is 5.32 Å². The number of hydrogen-bond acceptors (Lipinski definition) is 2. The fourth-order valence-electron chi connectivity index (χ4n) is 2.34. The molecule has 0 aliphatic rings. The summed E-state index contributed by atoms with van der Waals surface area (Å²) in [6.45, 7) is 7.35. The van der Waals surface area contributed by atoms with Gasteiger partial charge in [-0.3, -0.25) is 4.68 Å². The summed E-state index contributed by atoms with van der Waals surface area (Å²) >= 11 is 6.39. The predicted molar refractivity (Wildman–Crippen MR) is 84.2 cm³/mol. The molecule has 0 fully saturated rings. The van der Waals surface area contributed by atoms with E-state index < -0.39 is 0 Å². The van der Waals surface area contributed by atoms with E-state index in [9.17, 15) is 0 Å². The highest BCUT2D eigenvalue weighted by Gasteiger charge is 2.22. The maximum absolute atomic E-state index is 6.39. The molecule has 20 heavy (non-hydrogen) atoms. The van der Waals surface area contributed by atoms with Crippen molar-refractivity contribution in [3.05, 3.63) is 52.8 Å². The molecule has 1 atom stereocenters. The van der Waals surface area contributed by atoms with Gasteiger partial charge >= 0.3 is 0 Å². The number of nitrogens with zero attached hydrogens (tertiary/aromatic N) is 2. The van der Waals surface area contributed by atoms with Crippen LogP contribution in [0.3, 0.4) is 0 Å². The van der Waals surface area contributed by atoms with Crippen LogP contribution in [0.25, 0.3) is 0 Å². The summed E-state index contributed by atoms with van der Waals surface area (Å²) in [7, 11) is 0. The fourth-order valence-corrected chi connectivity index (χ4v) is 2.58. The Labute approximate surface area is 126 Å². The highest BCUT2D eigenvalue weighted by molar-refractivity contribution is 6.31. The predicted octanol–water partition coefficient (Wildman–Crippen LogP) is 4.21. The zero-order valence-electron chi connectivity index (χ0n) is 12.3. The lowest BCUT2D eigenvalue weighted by molar-refractivity contribution is 0.472. The fraction of sp³-hybridized carbons (Fsp3) is 0.438. The van der Waals surface area contributed by atoms with E-state index in [1.54, 1.807) is 6.20 Å². The second-order valence-corrected chi connectivity index (χ2v) is 5.62. The van der Waals surface area contributed by atoms with E-state index in [1.807, 2.05) is 10.7 Å². The number of hydrogen-bond donors (Lipinski definition) is 1. The van der Waals surface area contributed by atoms with E-state index in [1.165, 1.54) is 5.56 Å². The maximum atomic E-state index is 6.39. The highest BCUT2D eigenvalue weighted by Crippen LogP contribution is 2.30. The lowest BCUT2D eigenvalue weighted by Gasteiger charge is -2.22. The average molecular weight is 292 g/mol. The van der Waals surface area contributed by atoms with Gasteiger partial charge in [-0.05, 0) is 32.4 Å². The van der Waals surface area contributed by atoms with Crippen molar-refractivity contribution in [3.63, 3.8) is 0 Å². The van der Waals surface area contributed by atoms with E-state index >= 15 is 0 Å². The van der Waals surface area contributed by atoms with Crippen LogP contribution in [0.5, 0.6) is 0 Å². The zero-order valence-corrected chi connectivity index (χ0v) is 13.1. The molecule has 0 amide bonds. The molecule has 1 N–H and O–H groups in total. The van der Waals surface area contributed by atoms with Crippen molar-refractivity contribution in [3.8, 4) is 0 Å². The second-order valence-electron chi connectivity index (χ2n) is 5.21. The summed E-state index contributed by atoms with van der Waals surface area (Å²) in [4.78, 5) is 0. The summed E-state index contributed by atoms with van der Waals surface area (Å²) in [5.74, 6) is 0. The first-order valence-corrected chi connectivity index (χ1v) is 7.54. The molecule has 0 saturated carbocycles. The monoisotopic (exact) mass is 291 g/mol. The summed E-state index contributed by atoms with van der Waals surface area (Å²) in [5, 5.41) is 8.71. The number of aromatic nitrogens is 2. The molecule has 1 aromatic heterocycles. The number of rotatable bonds is 6. The third-order valence-electron chi connectivity index (χ3n) is 3.28. The molecule has 0 radical (unpaired) electrons. The first-order valence-electron chi connectivity index (χ1n) is 7.16. The van der Waals surface area contributed by atoms with Gasteiger partial charge in [0, 0.05) is 6.04 Å². The van der Waals surface area contributed by atoms with Gasteiger partial charge in [-0.25, -0.2) is 0 Å². The van der Waals surface area contributed by atoms with Gasteiger partial charge in [-0.1, -0.05) is 48.9 Å². The molecule has 0 aliphatic carbocycles. The SMILES string of the molecule is CCCNC(c1ccccc1)c1c(Cl)cnn1C(C)C. The van der Waals surface area contributed by atoms with Crippen LogP contribution in [-0.2, 0) is 0 Å². The molecule has 4 heteroatoms. The van der Waals surface area contributed by atoms with Crippen molar-refractivity contribution in [2.24, 2.45) is 0 Å². The largest absolute Gasteiger partial charge is 0.305 e. The Hall–Kier alpha value is -1.32. The van der Waals surface area contributed by atoms with Crippen LogP contribution in [0.4, 0.5) is 0 Å². The molecule has 1 heterocycles. The molecular formula is C16H22ClN3. The molecule has 108 valence electrons. The Kier molecular flexibility index (Phi) is 5.21. The van der Waals surface area contributed by atoms with E-state index in [0.717, 1.165) is 23.7 Å². The van der Waals surface area contributed by atoms with Gasteiger partial charge in [0.2, 0.25) is 0 Å². The lowest BCUT2D eigenvalue weighted by Crippen LogP contribution is -2.26. The van der Waals surface area contributed by atoms with E-state index in [2.05, 4.69) is 55.5 Å². The van der Waals surface area contributed by atoms with E-state index in [-0.39, 0.29) is 12.1 Å². The van der Waals surface area contributed by atoms with Crippen molar-refractivity contribution in [2.45, 2.75) is 39.3 Å². The number of benzene rings is 1. The highest BCUT2D eigenvalue weighted by atomic mass is 35.5. The summed E-state index contributed by atoms with van der Waals surface area (Å²) < 4.78 is 2.00. The molecule has 3 nitrogen and oxygen atoms in total. The molecule has 1 unspecified atom stereocenters. The average Bonchev–Trinajstić information content (AvgIpc) is 2.83. The Morgan fingerprint density at radius 1 is 1.25 bits per heavy atom. The van der Waals surface area contributed by atoms with Crippen molar-refractivity contribution in [1.82, 2.24) is 15.1 Å². The third kappa shape index (κ3) is 3.22. The minimum absolute atomic E-state index is 0.0774. The van der Waals surface area contributed by atoms with E-state index in [4.69, 9.17) is 11.6 Å². The van der Waals surface area contributed by atoms with Crippen molar-refractivity contribution in [2.75, 3.05) is 6.54 Å². The molecule has 0 saturated heterocycles. The first kappa shape index (κ1) is 15.1. The van der Waals surface area contributed by atoms with Gasteiger partial charge in [-0.15, -0.1) is 0 Å². The molecule has 2 aromatic rings. The number of nitrogens with one attached hydrogen (secondary N) is 1. The standard InChI is InChI=1S/C16H22ClN3/c1-4-10-18-15(13-8-6-5-7-9-13)16-14(17)11-19-20(16)12(2)3/h5-9,11-12,15,18H,4,10H2,1-3H3. The minimum atomic E-state index is 0.0774. The third-order valence-corrected chi connectivity index (χ3v) is 3.57.